The summed E-state index contributed by atoms with van der Waals surface area (Å²) in [4.78, 5) is 6.46. The third kappa shape index (κ3) is 4.24. The topological polar surface area (TPSA) is 81.2 Å². The minimum atomic E-state index is 0.274. The average Bonchev–Trinajstić information content (AvgIpc) is 3.00. The molecule has 3 aromatic rings. The van der Waals surface area contributed by atoms with E-state index in [9.17, 15) is 0 Å². The first-order chi connectivity index (χ1) is 13.1. The number of nitrogen functional groups attached to an aromatic ring is 1. The molecule has 3 N–H and O–H groups in total. The molecule has 1 heterocycles. The highest BCUT2D eigenvalue weighted by Crippen LogP contribution is 2.36. The number of hydrogen-bond donors (Lipinski definition) is 2. The SMILES string of the molecule is CCN(CC)c1ccc2ccccc2c1OCCCNc1nc(N)nn1C. The number of anilines is 3. The molecule has 3 rings (SSSR count). The minimum Gasteiger partial charge on any atom is -0.491 e. The number of aryl methyl sites for hydroxylation is 1. The molecule has 144 valence electrons. The number of nitrogens with zero attached hydrogens (tertiary/aromatic N) is 4. The van der Waals surface area contributed by atoms with E-state index in [1.165, 1.54) is 5.39 Å². The second-order valence-electron chi connectivity index (χ2n) is 6.35. The van der Waals surface area contributed by atoms with Crippen LogP contribution in [-0.4, -0.2) is 41.0 Å². The van der Waals surface area contributed by atoms with Gasteiger partial charge in [-0.3, -0.25) is 0 Å². The zero-order valence-electron chi connectivity index (χ0n) is 16.3. The molecule has 0 saturated carbocycles. The lowest BCUT2D eigenvalue weighted by molar-refractivity contribution is 0.319. The van der Waals surface area contributed by atoms with Crippen LogP contribution in [0, 0.1) is 0 Å². The Kier molecular flexibility index (Phi) is 6.01. The fraction of sp³-hybridized carbons (Fsp3) is 0.400. The van der Waals surface area contributed by atoms with Gasteiger partial charge in [0.05, 0.1) is 12.3 Å². The summed E-state index contributed by atoms with van der Waals surface area (Å²) < 4.78 is 7.90. The van der Waals surface area contributed by atoms with E-state index in [0.29, 0.717) is 12.6 Å². The zero-order chi connectivity index (χ0) is 19.2. The molecule has 0 fully saturated rings. The summed E-state index contributed by atoms with van der Waals surface area (Å²) in [5.41, 5.74) is 6.74. The Morgan fingerprint density at radius 3 is 2.63 bits per heavy atom. The van der Waals surface area contributed by atoms with Gasteiger partial charge in [0.15, 0.2) is 0 Å². The Balaban J connectivity index is 1.69. The van der Waals surface area contributed by atoms with Gasteiger partial charge in [-0.1, -0.05) is 30.3 Å². The van der Waals surface area contributed by atoms with Gasteiger partial charge in [-0.2, -0.15) is 4.98 Å². The number of hydrogen-bond acceptors (Lipinski definition) is 6. The van der Waals surface area contributed by atoms with Crippen LogP contribution in [0.3, 0.4) is 0 Å². The number of aromatic nitrogens is 3. The molecule has 0 atom stereocenters. The predicted octanol–water partition coefficient (Wildman–Crippen LogP) is 3.28. The van der Waals surface area contributed by atoms with Crippen LogP contribution in [0.1, 0.15) is 20.3 Å². The van der Waals surface area contributed by atoms with Crippen molar-refractivity contribution in [2.45, 2.75) is 20.3 Å². The maximum Gasteiger partial charge on any atom is 0.241 e. The highest BCUT2D eigenvalue weighted by atomic mass is 16.5. The van der Waals surface area contributed by atoms with Crippen molar-refractivity contribution in [1.29, 1.82) is 0 Å². The molecular formula is C20H28N6O. The average molecular weight is 368 g/mol. The Labute approximate surface area is 160 Å². The summed E-state index contributed by atoms with van der Waals surface area (Å²) in [6.45, 7) is 7.57. The smallest absolute Gasteiger partial charge is 0.241 e. The Morgan fingerprint density at radius 2 is 1.93 bits per heavy atom. The molecule has 0 radical (unpaired) electrons. The van der Waals surface area contributed by atoms with E-state index in [2.05, 4.69) is 70.5 Å². The van der Waals surface area contributed by atoms with Gasteiger partial charge in [-0.05, 0) is 31.7 Å². The number of fused-ring (bicyclic) bond motifs is 1. The normalized spacial score (nSPS) is 10.9. The van der Waals surface area contributed by atoms with Gasteiger partial charge < -0.3 is 20.7 Å². The van der Waals surface area contributed by atoms with Crippen molar-refractivity contribution in [1.82, 2.24) is 14.8 Å². The van der Waals surface area contributed by atoms with Gasteiger partial charge in [-0.15, -0.1) is 5.10 Å². The van der Waals surface area contributed by atoms with Crippen LogP contribution < -0.4 is 20.7 Å². The first-order valence-corrected chi connectivity index (χ1v) is 9.43. The van der Waals surface area contributed by atoms with Crippen molar-refractivity contribution in [3.05, 3.63) is 36.4 Å². The summed E-state index contributed by atoms with van der Waals surface area (Å²) in [7, 11) is 1.81. The number of nitrogens with two attached hydrogens (primary N) is 1. The Hall–Kier alpha value is -2.96. The summed E-state index contributed by atoms with van der Waals surface area (Å²) in [6, 6.07) is 12.7. The summed E-state index contributed by atoms with van der Waals surface area (Å²) >= 11 is 0. The first kappa shape index (κ1) is 18.8. The fourth-order valence-corrected chi connectivity index (χ4v) is 3.20. The number of nitrogens with one attached hydrogen (secondary N) is 1. The maximum atomic E-state index is 6.26. The van der Waals surface area contributed by atoms with E-state index in [4.69, 9.17) is 10.5 Å². The molecule has 0 amide bonds. The van der Waals surface area contributed by atoms with Gasteiger partial charge in [0.2, 0.25) is 11.9 Å². The second kappa shape index (κ2) is 8.62. The molecule has 0 bridgehead atoms. The third-order valence-electron chi connectivity index (χ3n) is 4.59. The van der Waals surface area contributed by atoms with Crippen molar-refractivity contribution in [2.24, 2.45) is 7.05 Å². The molecule has 0 unspecified atom stereocenters. The van der Waals surface area contributed by atoms with Gasteiger partial charge in [0, 0.05) is 32.1 Å². The number of benzene rings is 2. The van der Waals surface area contributed by atoms with E-state index in [-0.39, 0.29) is 5.95 Å². The quantitative estimate of drug-likeness (QED) is 0.564. The molecule has 0 spiro atoms. The van der Waals surface area contributed by atoms with Crippen LogP contribution in [0.25, 0.3) is 10.8 Å². The molecular weight excluding hydrogens is 340 g/mol. The second-order valence-corrected chi connectivity index (χ2v) is 6.35. The minimum absolute atomic E-state index is 0.274. The molecule has 0 saturated heterocycles. The van der Waals surface area contributed by atoms with Crippen LogP contribution in [-0.2, 0) is 7.05 Å². The summed E-state index contributed by atoms with van der Waals surface area (Å²) in [5.74, 6) is 1.90. The molecule has 0 aliphatic heterocycles. The van der Waals surface area contributed by atoms with Crippen molar-refractivity contribution in [2.75, 3.05) is 42.2 Å². The van der Waals surface area contributed by atoms with Crippen molar-refractivity contribution >= 4 is 28.4 Å². The third-order valence-corrected chi connectivity index (χ3v) is 4.59. The highest BCUT2D eigenvalue weighted by Gasteiger charge is 2.13. The lowest BCUT2D eigenvalue weighted by Gasteiger charge is -2.25. The van der Waals surface area contributed by atoms with Gasteiger partial charge >= 0.3 is 0 Å². The predicted molar refractivity (Wildman–Crippen MR) is 112 cm³/mol. The molecule has 2 aromatic carbocycles. The fourth-order valence-electron chi connectivity index (χ4n) is 3.20. The number of rotatable bonds is 9. The largest absolute Gasteiger partial charge is 0.491 e. The zero-order valence-corrected chi connectivity index (χ0v) is 16.3. The maximum absolute atomic E-state index is 6.26. The van der Waals surface area contributed by atoms with Gasteiger partial charge in [0.25, 0.3) is 0 Å². The number of ether oxygens (including phenoxy) is 1. The van der Waals surface area contributed by atoms with E-state index in [1.807, 2.05) is 7.05 Å². The van der Waals surface area contributed by atoms with Gasteiger partial charge in [0.1, 0.15) is 5.75 Å². The molecule has 7 heteroatoms. The van der Waals surface area contributed by atoms with Crippen LogP contribution in [0.15, 0.2) is 36.4 Å². The highest BCUT2D eigenvalue weighted by molar-refractivity contribution is 5.93. The molecule has 7 nitrogen and oxygen atoms in total. The monoisotopic (exact) mass is 368 g/mol. The molecule has 0 aliphatic rings. The van der Waals surface area contributed by atoms with E-state index in [1.54, 1.807) is 4.68 Å². The van der Waals surface area contributed by atoms with Crippen LogP contribution in [0.2, 0.25) is 0 Å². The molecule has 27 heavy (non-hydrogen) atoms. The standard InChI is InChI=1S/C20H28N6O/c1-4-26(5-2)17-12-11-15-9-6-7-10-16(15)18(17)27-14-8-13-22-20-23-19(21)24-25(20)3/h6-7,9-12H,4-5,8,13-14H2,1-3H3,(H3,21,22,23,24). The van der Waals surface area contributed by atoms with Crippen LogP contribution in [0.4, 0.5) is 17.6 Å². The summed E-state index contributed by atoms with van der Waals surface area (Å²) in [6.07, 6.45) is 0.841. The summed E-state index contributed by atoms with van der Waals surface area (Å²) in [5, 5.41) is 9.60. The first-order valence-electron chi connectivity index (χ1n) is 9.43. The van der Waals surface area contributed by atoms with E-state index >= 15 is 0 Å². The Morgan fingerprint density at radius 1 is 1.15 bits per heavy atom. The van der Waals surface area contributed by atoms with Gasteiger partial charge in [-0.25, -0.2) is 4.68 Å². The van der Waals surface area contributed by atoms with Crippen molar-refractivity contribution in [3.8, 4) is 5.75 Å². The lowest BCUT2D eigenvalue weighted by Crippen LogP contribution is -2.22. The van der Waals surface area contributed by atoms with Crippen molar-refractivity contribution in [3.63, 3.8) is 0 Å². The van der Waals surface area contributed by atoms with E-state index in [0.717, 1.165) is 42.9 Å². The molecule has 0 aliphatic carbocycles. The van der Waals surface area contributed by atoms with Crippen LogP contribution >= 0.6 is 0 Å². The van der Waals surface area contributed by atoms with Crippen LogP contribution in [0.5, 0.6) is 5.75 Å². The Bertz CT molecular complexity index is 887. The lowest BCUT2D eigenvalue weighted by atomic mass is 10.1. The molecule has 1 aromatic heterocycles. The van der Waals surface area contributed by atoms with E-state index < -0.39 is 0 Å². The van der Waals surface area contributed by atoms with Crippen molar-refractivity contribution < 1.29 is 4.74 Å².